The summed E-state index contributed by atoms with van der Waals surface area (Å²) in [6, 6.07) is 12.9. The van der Waals surface area contributed by atoms with Crippen molar-refractivity contribution in [1.29, 1.82) is 0 Å². The number of hydrogen-bond acceptors (Lipinski definition) is 4. The maximum atomic E-state index is 12.6. The second-order valence-corrected chi connectivity index (χ2v) is 5.35. The molecule has 0 unspecified atom stereocenters. The Morgan fingerprint density at radius 2 is 1.71 bits per heavy atom. The van der Waals surface area contributed by atoms with Crippen LogP contribution in [0.5, 0.6) is 0 Å². The van der Waals surface area contributed by atoms with Crippen LogP contribution < -0.4 is 10.9 Å². The van der Waals surface area contributed by atoms with Crippen molar-refractivity contribution >= 4 is 32.4 Å². The number of hydrogen-bond donors (Lipinski definition) is 2. The average Bonchev–Trinajstić information content (AvgIpc) is 2.87. The number of alkyl halides is 3. The fraction of sp³-hybridized carbons (Fsp3) is 0.0714. The Kier molecular flexibility index (Phi) is 3.42. The third-order valence-corrected chi connectivity index (χ3v) is 3.74. The van der Waals surface area contributed by atoms with Crippen LogP contribution in [-0.4, -0.2) is 4.98 Å². The standard InChI is InChI=1S/C14H10F3N3S/c15-14(16,17)9-6-7-11-12(8-9)21-13(18-11)20-19-10-4-2-1-3-5-10/h1-8,19H,(H,18,20). The second-order valence-electron chi connectivity index (χ2n) is 4.32. The van der Waals surface area contributed by atoms with Crippen LogP contribution in [0.4, 0.5) is 24.0 Å². The van der Waals surface area contributed by atoms with Crippen LogP contribution in [-0.2, 0) is 6.18 Å². The van der Waals surface area contributed by atoms with Gasteiger partial charge in [-0.05, 0) is 30.3 Å². The van der Waals surface area contributed by atoms with Crippen LogP contribution >= 0.6 is 11.3 Å². The van der Waals surface area contributed by atoms with Gasteiger partial charge in [0.05, 0.1) is 21.5 Å². The highest BCUT2D eigenvalue weighted by Gasteiger charge is 2.30. The third-order valence-electron chi connectivity index (χ3n) is 2.80. The lowest BCUT2D eigenvalue weighted by molar-refractivity contribution is -0.137. The third kappa shape index (κ3) is 3.08. The van der Waals surface area contributed by atoms with Crippen LogP contribution in [0.1, 0.15) is 5.56 Å². The van der Waals surface area contributed by atoms with Gasteiger partial charge in [0.2, 0.25) is 5.13 Å². The molecule has 0 saturated carbocycles. The van der Waals surface area contributed by atoms with Crippen molar-refractivity contribution in [3.05, 3.63) is 54.1 Å². The van der Waals surface area contributed by atoms with Crippen molar-refractivity contribution in [2.75, 3.05) is 10.9 Å². The minimum atomic E-state index is -4.34. The van der Waals surface area contributed by atoms with Gasteiger partial charge in [-0.2, -0.15) is 13.2 Å². The van der Waals surface area contributed by atoms with Gasteiger partial charge in [-0.15, -0.1) is 0 Å². The zero-order chi connectivity index (χ0) is 14.9. The van der Waals surface area contributed by atoms with Crippen LogP contribution in [0.2, 0.25) is 0 Å². The Morgan fingerprint density at radius 1 is 0.952 bits per heavy atom. The summed E-state index contributed by atoms with van der Waals surface area (Å²) in [5.41, 5.74) is 6.53. The van der Waals surface area contributed by atoms with Gasteiger partial charge in [0.25, 0.3) is 0 Å². The first kappa shape index (κ1) is 13.7. The maximum absolute atomic E-state index is 12.6. The number of fused-ring (bicyclic) bond motifs is 1. The minimum Gasteiger partial charge on any atom is -0.299 e. The molecule has 2 aromatic carbocycles. The quantitative estimate of drug-likeness (QED) is 0.685. The van der Waals surface area contributed by atoms with E-state index in [1.807, 2.05) is 30.3 Å². The molecule has 0 aliphatic heterocycles. The van der Waals surface area contributed by atoms with E-state index in [1.165, 1.54) is 6.07 Å². The highest BCUT2D eigenvalue weighted by atomic mass is 32.1. The van der Waals surface area contributed by atoms with Gasteiger partial charge in [0.15, 0.2) is 0 Å². The number of nitrogens with one attached hydrogen (secondary N) is 2. The molecule has 0 aliphatic rings. The Morgan fingerprint density at radius 3 is 2.43 bits per heavy atom. The summed E-state index contributed by atoms with van der Waals surface area (Å²) in [7, 11) is 0. The number of benzene rings is 2. The van der Waals surface area contributed by atoms with Gasteiger partial charge in [0.1, 0.15) is 0 Å². The molecule has 2 N–H and O–H groups in total. The molecule has 0 saturated heterocycles. The van der Waals surface area contributed by atoms with Crippen molar-refractivity contribution in [1.82, 2.24) is 4.98 Å². The highest BCUT2D eigenvalue weighted by Crippen LogP contribution is 2.34. The molecule has 0 atom stereocenters. The van der Waals surface area contributed by atoms with E-state index in [2.05, 4.69) is 15.8 Å². The van der Waals surface area contributed by atoms with E-state index in [0.29, 0.717) is 15.3 Å². The van der Waals surface area contributed by atoms with Crippen LogP contribution in [0.3, 0.4) is 0 Å². The van der Waals surface area contributed by atoms with E-state index in [-0.39, 0.29) is 0 Å². The second kappa shape index (κ2) is 5.25. The van der Waals surface area contributed by atoms with Crippen LogP contribution in [0.15, 0.2) is 48.5 Å². The summed E-state index contributed by atoms with van der Waals surface area (Å²) < 4.78 is 38.4. The molecule has 0 bridgehead atoms. The number of nitrogens with zero attached hydrogens (tertiary/aromatic N) is 1. The van der Waals surface area contributed by atoms with E-state index in [9.17, 15) is 13.2 Å². The van der Waals surface area contributed by atoms with Gasteiger partial charge in [-0.25, -0.2) is 4.98 Å². The molecule has 0 fully saturated rings. The van der Waals surface area contributed by atoms with Crippen molar-refractivity contribution in [3.8, 4) is 0 Å². The van der Waals surface area contributed by atoms with Gasteiger partial charge in [-0.3, -0.25) is 10.9 Å². The smallest absolute Gasteiger partial charge is 0.299 e. The fourth-order valence-corrected chi connectivity index (χ4v) is 2.66. The maximum Gasteiger partial charge on any atom is 0.416 e. The molecule has 0 aliphatic carbocycles. The first-order chi connectivity index (χ1) is 10.0. The zero-order valence-corrected chi connectivity index (χ0v) is 11.4. The summed E-state index contributed by atoms with van der Waals surface area (Å²) in [5, 5.41) is 0.508. The fourth-order valence-electron chi connectivity index (χ4n) is 1.80. The largest absolute Gasteiger partial charge is 0.416 e. The molecular formula is C14H10F3N3S. The monoisotopic (exact) mass is 309 g/mol. The molecule has 0 radical (unpaired) electrons. The molecule has 0 spiro atoms. The number of thiazole rings is 1. The number of rotatable bonds is 3. The molecule has 3 aromatic rings. The summed E-state index contributed by atoms with van der Waals surface area (Å²) in [4.78, 5) is 4.23. The van der Waals surface area contributed by atoms with E-state index in [1.54, 1.807) is 0 Å². The van der Waals surface area contributed by atoms with E-state index in [4.69, 9.17) is 0 Å². The predicted octanol–water partition coefficient (Wildman–Crippen LogP) is 4.75. The molecular weight excluding hydrogens is 299 g/mol. The molecule has 3 rings (SSSR count). The number of anilines is 2. The van der Waals surface area contributed by atoms with Crippen molar-refractivity contribution in [3.63, 3.8) is 0 Å². The molecule has 21 heavy (non-hydrogen) atoms. The molecule has 7 heteroatoms. The Balaban J connectivity index is 1.81. The topological polar surface area (TPSA) is 37.0 Å². The number of para-hydroxylation sites is 1. The SMILES string of the molecule is FC(F)(F)c1ccc2nc(NNc3ccccc3)sc2c1. The molecule has 108 valence electrons. The first-order valence-corrected chi connectivity index (χ1v) is 6.89. The zero-order valence-electron chi connectivity index (χ0n) is 10.6. The van der Waals surface area contributed by atoms with E-state index >= 15 is 0 Å². The average molecular weight is 309 g/mol. The summed E-state index contributed by atoms with van der Waals surface area (Å²) in [5.74, 6) is 0. The molecule has 1 aromatic heterocycles. The number of halogens is 3. The van der Waals surface area contributed by atoms with E-state index in [0.717, 1.165) is 29.2 Å². The Hall–Kier alpha value is -2.28. The lowest BCUT2D eigenvalue weighted by Crippen LogP contribution is -2.07. The van der Waals surface area contributed by atoms with Gasteiger partial charge in [-0.1, -0.05) is 29.5 Å². The molecule has 1 heterocycles. The van der Waals surface area contributed by atoms with E-state index < -0.39 is 11.7 Å². The Bertz CT molecular complexity index is 753. The molecule has 3 nitrogen and oxygen atoms in total. The lowest BCUT2D eigenvalue weighted by atomic mass is 10.2. The van der Waals surface area contributed by atoms with Crippen molar-refractivity contribution in [2.45, 2.75) is 6.18 Å². The number of hydrazine groups is 1. The first-order valence-electron chi connectivity index (χ1n) is 6.07. The lowest BCUT2D eigenvalue weighted by Gasteiger charge is -2.05. The van der Waals surface area contributed by atoms with Crippen LogP contribution in [0.25, 0.3) is 10.2 Å². The van der Waals surface area contributed by atoms with Gasteiger partial charge >= 0.3 is 6.18 Å². The Labute approximate surface area is 122 Å². The normalized spacial score (nSPS) is 11.6. The highest BCUT2D eigenvalue weighted by molar-refractivity contribution is 7.22. The summed E-state index contributed by atoms with van der Waals surface area (Å²) >= 11 is 1.16. The molecule has 0 amide bonds. The predicted molar refractivity (Wildman–Crippen MR) is 78.3 cm³/mol. The summed E-state index contributed by atoms with van der Waals surface area (Å²) in [6.07, 6.45) is -4.34. The van der Waals surface area contributed by atoms with Gasteiger partial charge in [0, 0.05) is 0 Å². The van der Waals surface area contributed by atoms with Crippen LogP contribution in [0, 0.1) is 0 Å². The van der Waals surface area contributed by atoms with Gasteiger partial charge < -0.3 is 0 Å². The van der Waals surface area contributed by atoms with Crippen molar-refractivity contribution in [2.24, 2.45) is 0 Å². The minimum absolute atomic E-state index is 0.488. The number of aromatic nitrogens is 1. The van der Waals surface area contributed by atoms with Crippen molar-refractivity contribution < 1.29 is 13.2 Å². The summed E-state index contributed by atoms with van der Waals surface area (Å²) in [6.45, 7) is 0.